The van der Waals surface area contributed by atoms with Crippen LogP contribution in [0.15, 0.2) is 36.7 Å². The van der Waals surface area contributed by atoms with Crippen LogP contribution < -0.4 is 16.4 Å². The molecule has 8 nitrogen and oxygen atoms in total. The maximum atomic E-state index is 14.9. The highest BCUT2D eigenvalue weighted by atomic mass is 32.2. The van der Waals surface area contributed by atoms with Gasteiger partial charge in [0.2, 0.25) is 15.9 Å². The van der Waals surface area contributed by atoms with E-state index in [9.17, 15) is 22.0 Å². The number of anilines is 1. The van der Waals surface area contributed by atoms with Gasteiger partial charge in [-0.25, -0.2) is 17.2 Å². The van der Waals surface area contributed by atoms with Crippen molar-refractivity contribution >= 4 is 21.6 Å². The van der Waals surface area contributed by atoms with Crippen molar-refractivity contribution < 1.29 is 22.0 Å². The Labute approximate surface area is 217 Å². The van der Waals surface area contributed by atoms with E-state index in [2.05, 4.69) is 15.6 Å². The second kappa shape index (κ2) is 11.5. The van der Waals surface area contributed by atoms with Crippen molar-refractivity contribution in [2.24, 2.45) is 11.7 Å². The number of benzene rings is 1. The van der Waals surface area contributed by atoms with Gasteiger partial charge in [0, 0.05) is 37.2 Å². The van der Waals surface area contributed by atoms with Crippen molar-refractivity contribution in [3.8, 4) is 0 Å². The van der Waals surface area contributed by atoms with Gasteiger partial charge < -0.3 is 16.4 Å². The lowest BCUT2D eigenvalue weighted by molar-refractivity contribution is -0.118. The molecule has 11 heteroatoms. The predicted octanol–water partition coefficient (Wildman–Crippen LogP) is 2.76. The second-order valence-corrected chi connectivity index (χ2v) is 12.4. The summed E-state index contributed by atoms with van der Waals surface area (Å²) in [4.78, 5) is 17.1. The Morgan fingerprint density at radius 1 is 1.22 bits per heavy atom. The van der Waals surface area contributed by atoms with E-state index >= 15 is 0 Å². The van der Waals surface area contributed by atoms with E-state index in [-0.39, 0.29) is 46.6 Å². The number of carbonyl (C=O) groups is 1. The molecule has 1 saturated carbocycles. The Hall–Kier alpha value is -2.47. The van der Waals surface area contributed by atoms with E-state index in [1.165, 1.54) is 18.3 Å². The Morgan fingerprint density at radius 2 is 1.92 bits per heavy atom. The molecule has 0 bridgehead atoms. The average molecular weight is 536 g/mol. The van der Waals surface area contributed by atoms with Gasteiger partial charge in [-0.1, -0.05) is 26.0 Å². The van der Waals surface area contributed by atoms with Gasteiger partial charge in [0.15, 0.2) is 0 Å². The number of piperazine rings is 1. The lowest BCUT2D eigenvalue weighted by Crippen LogP contribution is -2.54. The van der Waals surface area contributed by atoms with Crippen LogP contribution in [-0.2, 0) is 21.2 Å². The number of pyridine rings is 1. The maximum absolute atomic E-state index is 14.9. The Kier molecular flexibility index (Phi) is 8.57. The van der Waals surface area contributed by atoms with Crippen LogP contribution in [0.2, 0.25) is 0 Å². The molecule has 4 rings (SSSR count). The molecule has 1 aromatic heterocycles. The van der Waals surface area contributed by atoms with E-state index in [1.807, 2.05) is 13.8 Å². The van der Waals surface area contributed by atoms with E-state index in [1.54, 1.807) is 16.4 Å². The average Bonchev–Trinajstić information content (AvgIpc) is 3.71. The topological polar surface area (TPSA) is 117 Å². The van der Waals surface area contributed by atoms with Crippen LogP contribution in [0.3, 0.4) is 0 Å². The highest BCUT2D eigenvalue weighted by molar-refractivity contribution is 7.90. The fourth-order valence-corrected chi connectivity index (χ4v) is 7.14. The third-order valence-electron chi connectivity index (χ3n) is 7.22. The van der Waals surface area contributed by atoms with Crippen LogP contribution in [0.1, 0.15) is 50.2 Å². The summed E-state index contributed by atoms with van der Waals surface area (Å²) in [7, 11) is -3.36. The van der Waals surface area contributed by atoms with Gasteiger partial charge >= 0.3 is 0 Å². The lowest BCUT2D eigenvalue weighted by Gasteiger charge is -2.35. The molecule has 37 heavy (non-hydrogen) atoms. The van der Waals surface area contributed by atoms with Crippen LogP contribution in [0, 0.1) is 17.6 Å². The van der Waals surface area contributed by atoms with E-state index < -0.39 is 27.8 Å². The van der Waals surface area contributed by atoms with Crippen LogP contribution in [0.4, 0.5) is 14.5 Å². The number of nitrogens with zero attached hydrogens (tertiary/aromatic N) is 2. The molecule has 1 aliphatic heterocycles. The molecule has 202 valence electrons. The maximum Gasteiger partial charge on any atom is 0.241 e. The first kappa shape index (κ1) is 27.6. The number of nitrogens with one attached hydrogen (secondary N) is 2. The number of hydrogen-bond donors (Lipinski definition) is 3. The monoisotopic (exact) mass is 535 g/mol. The zero-order valence-electron chi connectivity index (χ0n) is 21.2. The van der Waals surface area contributed by atoms with Crippen molar-refractivity contribution in [3.05, 3.63) is 59.4 Å². The van der Waals surface area contributed by atoms with Gasteiger partial charge in [-0.3, -0.25) is 9.78 Å². The van der Waals surface area contributed by atoms with Gasteiger partial charge in [-0.05, 0) is 49.3 Å². The second-order valence-electron chi connectivity index (χ2n) is 10.2. The Bertz CT molecular complexity index is 1210. The number of hydrogen-bond acceptors (Lipinski definition) is 6. The summed E-state index contributed by atoms with van der Waals surface area (Å²) >= 11 is 0. The van der Waals surface area contributed by atoms with E-state index in [4.69, 9.17) is 5.73 Å². The highest BCUT2D eigenvalue weighted by Gasteiger charge is 2.43. The molecule has 0 spiro atoms. The van der Waals surface area contributed by atoms with Gasteiger partial charge in [0.25, 0.3) is 0 Å². The molecular formula is C26H35F2N5O3S. The van der Waals surface area contributed by atoms with Gasteiger partial charge in [-0.15, -0.1) is 0 Å². The molecule has 1 aliphatic carbocycles. The molecule has 4 N–H and O–H groups in total. The van der Waals surface area contributed by atoms with Crippen molar-refractivity contribution in [2.45, 2.75) is 62.8 Å². The number of amides is 1. The molecule has 3 atom stereocenters. The van der Waals surface area contributed by atoms with Crippen LogP contribution in [0.5, 0.6) is 0 Å². The SMILES string of the molecule is CC(C)C(c1ccc(F)cc1)[C@H](N)C(=O)Nc1cncc(F)c1CC[C@H]1CNCCN1S(=O)(=O)C1CC1. The minimum absolute atomic E-state index is 0.0190. The number of sulfonamides is 1. The minimum atomic E-state index is -3.36. The van der Waals surface area contributed by atoms with Gasteiger partial charge in [-0.2, -0.15) is 4.31 Å². The molecule has 1 amide bonds. The normalized spacial score (nSPS) is 20.5. The van der Waals surface area contributed by atoms with E-state index in [0.717, 1.165) is 11.8 Å². The third-order valence-corrected chi connectivity index (χ3v) is 9.67. The van der Waals surface area contributed by atoms with Crippen LogP contribution in [-0.4, -0.2) is 60.6 Å². The summed E-state index contributed by atoms with van der Waals surface area (Å²) < 4.78 is 55.7. The van der Waals surface area contributed by atoms with Crippen molar-refractivity contribution in [1.82, 2.24) is 14.6 Å². The summed E-state index contributed by atoms with van der Waals surface area (Å²) in [6.07, 6.45) is 4.43. The first-order chi connectivity index (χ1) is 17.6. The highest BCUT2D eigenvalue weighted by Crippen LogP contribution is 2.33. The van der Waals surface area contributed by atoms with Gasteiger partial charge in [0.05, 0.1) is 29.4 Å². The molecule has 1 aromatic carbocycles. The first-order valence-electron chi connectivity index (χ1n) is 12.7. The van der Waals surface area contributed by atoms with Crippen molar-refractivity contribution in [3.63, 3.8) is 0 Å². The lowest BCUT2D eigenvalue weighted by atomic mass is 9.82. The number of rotatable bonds is 10. The molecular weight excluding hydrogens is 500 g/mol. The summed E-state index contributed by atoms with van der Waals surface area (Å²) in [5.74, 6) is -1.87. The minimum Gasteiger partial charge on any atom is -0.323 e. The molecule has 1 unspecified atom stereocenters. The molecule has 2 aliphatic rings. The number of aromatic nitrogens is 1. The zero-order valence-corrected chi connectivity index (χ0v) is 22.0. The molecule has 1 saturated heterocycles. The molecule has 0 radical (unpaired) electrons. The Balaban J connectivity index is 1.49. The van der Waals surface area contributed by atoms with Crippen LogP contribution >= 0.6 is 0 Å². The predicted molar refractivity (Wildman–Crippen MR) is 138 cm³/mol. The van der Waals surface area contributed by atoms with Gasteiger partial charge in [0.1, 0.15) is 11.6 Å². The Morgan fingerprint density at radius 3 is 2.57 bits per heavy atom. The van der Waals surface area contributed by atoms with Crippen molar-refractivity contribution in [2.75, 3.05) is 25.0 Å². The first-order valence-corrected chi connectivity index (χ1v) is 14.3. The largest absolute Gasteiger partial charge is 0.323 e. The molecule has 2 fully saturated rings. The summed E-state index contributed by atoms with van der Waals surface area (Å²) in [6.45, 7) is 5.31. The summed E-state index contributed by atoms with van der Waals surface area (Å²) in [5.41, 5.74) is 7.56. The van der Waals surface area contributed by atoms with E-state index in [0.29, 0.717) is 38.9 Å². The number of nitrogens with two attached hydrogens (primary N) is 1. The van der Waals surface area contributed by atoms with Crippen LogP contribution in [0.25, 0.3) is 0 Å². The fraction of sp³-hybridized carbons (Fsp3) is 0.538. The zero-order chi connectivity index (χ0) is 26.7. The smallest absolute Gasteiger partial charge is 0.241 e. The third kappa shape index (κ3) is 6.34. The molecule has 2 heterocycles. The van der Waals surface area contributed by atoms with Crippen molar-refractivity contribution in [1.29, 1.82) is 0 Å². The summed E-state index contributed by atoms with van der Waals surface area (Å²) in [5, 5.41) is 5.66. The fourth-order valence-electron chi connectivity index (χ4n) is 5.09. The number of halogens is 2. The quantitative estimate of drug-likeness (QED) is 0.431. The number of carbonyl (C=O) groups excluding carboxylic acids is 1. The summed E-state index contributed by atoms with van der Waals surface area (Å²) in [6, 6.07) is 4.61. The standard InChI is InChI=1S/C26H35F2N5O3S/c1-16(2)24(17-3-5-18(27)6-4-17)25(29)26(34)32-23-15-31-14-22(28)21(23)10-7-19-13-30-11-12-33(19)37(35,36)20-8-9-20/h3-6,14-16,19-20,24-25,30H,7-13,29H2,1-2H3,(H,32,34)/t19-,24?,25-/m0/s1. The molecule has 2 aromatic rings.